The van der Waals surface area contributed by atoms with E-state index in [-0.39, 0.29) is 145 Å². The summed E-state index contributed by atoms with van der Waals surface area (Å²) in [5, 5.41) is 19.1. The van der Waals surface area contributed by atoms with Crippen LogP contribution in [0.25, 0.3) is 0 Å². The van der Waals surface area contributed by atoms with Gasteiger partial charge in [0.25, 0.3) is 0 Å². The summed E-state index contributed by atoms with van der Waals surface area (Å²) >= 11 is 0. The average molecular weight is 567 g/mol. The molecular formula is C22H48K2O11. The maximum absolute atomic E-state index is 10.4. The van der Waals surface area contributed by atoms with Crippen LogP contribution in [0.5, 0.6) is 0 Å². The minimum Gasteiger partial charge on any atom is -1.00 e. The van der Waals surface area contributed by atoms with Crippen LogP contribution < -0.4 is 108 Å². The first-order valence-corrected chi connectivity index (χ1v) is 11.7. The number of hydrogen-bond acceptors (Lipinski definition) is 11. The van der Waals surface area contributed by atoms with Gasteiger partial charge < -0.3 is 54.3 Å². The smallest absolute Gasteiger partial charge is 1.00 e. The summed E-state index contributed by atoms with van der Waals surface area (Å²) < 4.78 is 45.5. The van der Waals surface area contributed by atoms with E-state index in [0.717, 1.165) is 13.2 Å². The van der Waals surface area contributed by atoms with Gasteiger partial charge in [0.1, 0.15) is 27.2 Å². The summed E-state index contributed by atoms with van der Waals surface area (Å²) in [6.07, 6.45) is 2.30. The van der Waals surface area contributed by atoms with Gasteiger partial charge >= 0.3 is 103 Å². The van der Waals surface area contributed by atoms with Crippen LogP contribution in [0.3, 0.4) is 0 Å². The fourth-order valence-electron chi connectivity index (χ4n) is 1.97. The van der Waals surface area contributed by atoms with Crippen LogP contribution in [0, 0.1) is 0 Å². The van der Waals surface area contributed by atoms with Gasteiger partial charge in [-0.3, -0.25) is 0 Å². The summed E-state index contributed by atoms with van der Waals surface area (Å²) in [7, 11) is 0. The Labute approximate surface area is 298 Å². The Morgan fingerprint density at radius 3 is 1.26 bits per heavy atom. The van der Waals surface area contributed by atoms with Crippen LogP contribution in [0.1, 0.15) is 54.8 Å². The molecule has 0 aromatic carbocycles. The molecule has 1 fully saturated rings. The molecule has 1 aliphatic rings. The van der Waals surface area contributed by atoms with Gasteiger partial charge in [-0.1, -0.05) is 0 Å². The first kappa shape index (κ1) is 44.8. The van der Waals surface area contributed by atoms with E-state index < -0.39 is 12.6 Å². The molecule has 0 amide bonds. The third-order valence-electron chi connectivity index (χ3n) is 3.71. The minimum absolute atomic E-state index is 0. The number of aliphatic hydroxyl groups is 1. The molecule has 0 spiro atoms. The SMILES string of the molecule is C1CCOC1.CCOCOC(CCO)OCOCC.CCOCOC(CC[O-])OCOCC.[H-].[K+].[K+]. The van der Waals surface area contributed by atoms with E-state index >= 15 is 0 Å². The molecule has 0 saturated carbocycles. The van der Waals surface area contributed by atoms with Gasteiger partial charge in [-0.25, -0.2) is 0 Å². The monoisotopic (exact) mass is 566 g/mol. The van der Waals surface area contributed by atoms with Gasteiger partial charge in [-0.05, 0) is 47.0 Å². The van der Waals surface area contributed by atoms with Crippen molar-refractivity contribution in [2.75, 3.05) is 80.0 Å². The minimum atomic E-state index is -0.523. The Morgan fingerprint density at radius 1 is 0.686 bits per heavy atom. The molecule has 13 heteroatoms. The van der Waals surface area contributed by atoms with E-state index in [0.29, 0.717) is 39.3 Å². The summed E-state index contributed by atoms with van der Waals surface area (Å²) in [5.41, 5.74) is 0. The maximum atomic E-state index is 10.4. The molecule has 1 aliphatic heterocycles. The van der Waals surface area contributed by atoms with Gasteiger partial charge in [0.2, 0.25) is 0 Å². The van der Waals surface area contributed by atoms with Gasteiger partial charge in [0, 0.05) is 52.7 Å². The predicted molar refractivity (Wildman–Crippen MR) is 120 cm³/mol. The van der Waals surface area contributed by atoms with Crippen molar-refractivity contribution in [3.05, 3.63) is 0 Å². The predicted octanol–water partition coefficient (Wildman–Crippen LogP) is -4.28. The molecule has 0 radical (unpaired) electrons. The van der Waals surface area contributed by atoms with E-state index in [2.05, 4.69) is 0 Å². The summed E-state index contributed by atoms with van der Waals surface area (Å²) in [6.45, 7) is 12.3. The zero-order valence-electron chi connectivity index (χ0n) is 24.0. The molecule has 0 aliphatic carbocycles. The second kappa shape index (κ2) is 41.3. The first-order chi connectivity index (χ1) is 16.2. The number of aliphatic hydroxyl groups excluding tert-OH is 1. The molecule has 1 heterocycles. The molecule has 11 nitrogen and oxygen atoms in total. The van der Waals surface area contributed by atoms with Gasteiger partial charge in [0.05, 0.1) is 0 Å². The maximum Gasteiger partial charge on any atom is 1.00 e. The molecule has 1 saturated heterocycles. The van der Waals surface area contributed by atoms with Crippen LogP contribution in [0.4, 0.5) is 0 Å². The standard InChI is InChI=1S/C9H20O5.C9H19O5.C4H8O.2K.H/c2*1-3-11-7-13-9(5-6-10)14-8-12-4-2;1-2-4-5-3-1;;;/h9-10H,3-8H2,1-2H3;9H,3-8H2,1-2H3;1-4H2;;;/q;-1;;2*+1;-1. The van der Waals surface area contributed by atoms with Crippen molar-refractivity contribution in [3.63, 3.8) is 0 Å². The summed E-state index contributed by atoms with van der Waals surface area (Å²) in [5.74, 6) is 0. The summed E-state index contributed by atoms with van der Waals surface area (Å²) in [6, 6.07) is 0. The van der Waals surface area contributed by atoms with E-state index in [9.17, 15) is 5.11 Å². The van der Waals surface area contributed by atoms with Gasteiger partial charge in [-0.15, -0.1) is 6.61 Å². The van der Waals surface area contributed by atoms with Crippen molar-refractivity contribution in [3.8, 4) is 0 Å². The van der Waals surface area contributed by atoms with Crippen molar-refractivity contribution < 1.29 is 157 Å². The van der Waals surface area contributed by atoms with Crippen LogP contribution >= 0.6 is 0 Å². The summed E-state index contributed by atoms with van der Waals surface area (Å²) in [4.78, 5) is 0. The quantitative estimate of drug-likeness (QED) is 0.0874. The van der Waals surface area contributed by atoms with Crippen LogP contribution in [0.2, 0.25) is 0 Å². The Hall–Kier alpha value is 2.83. The second-order valence-corrected chi connectivity index (χ2v) is 6.29. The molecule has 204 valence electrons. The Bertz CT molecular complexity index is 298. The molecule has 0 unspecified atom stereocenters. The Morgan fingerprint density at radius 2 is 1.03 bits per heavy atom. The molecule has 35 heavy (non-hydrogen) atoms. The number of ether oxygens (including phenoxy) is 9. The number of hydrogen-bond donors (Lipinski definition) is 1. The fraction of sp³-hybridized carbons (Fsp3) is 1.00. The van der Waals surface area contributed by atoms with Gasteiger partial charge in [-0.2, -0.15) is 0 Å². The normalized spacial score (nSPS) is 12.3. The molecule has 0 aromatic rings. The van der Waals surface area contributed by atoms with Crippen molar-refractivity contribution in [1.29, 1.82) is 0 Å². The number of rotatable bonds is 20. The van der Waals surface area contributed by atoms with Crippen molar-refractivity contribution in [1.82, 2.24) is 0 Å². The molecule has 1 N–H and O–H groups in total. The van der Waals surface area contributed by atoms with E-state index in [4.69, 9.17) is 47.7 Å². The third-order valence-corrected chi connectivity index (χ3v) is 3.71. The van der Waals surface area contributed by atoms with Crippen LogP contribution in [-0.4, -0.2) is 97.7 Å². The average Bonchev–Trinajstić information content (AvgIpc) is 3.41. The molecule has 0 aromatic heterocycles. The fourth-order valence-corrected chi connectivity index (χ4v) is 1.97. The van der Waals surface area contributed by atoms with E-state index in [1.807, 2.05) is 27.7 Å². The van der Waals surface area contributed by atoms with Crippen molar-refractivity contribution >= 4 is 0 Å². The van der Waals surface area contributed by atoms with E-state index in [1.165, 1.54) is 12.8 Å². The Kier molecular flexibility index (Phi) is 52.9. The topological polar surface area (TPSA) is 126 Å². The molecule has 0 atom stereocenters. The van der Waals surface area contributed by atoms with Crippen LogP contribution in [0.15, 0.2) is 0 Å². The largest absolute Gasteiger partial charge is 1.00 e. The molecule has 1 rings (SSSR count). The van der Waals surface area contributed by atoms with E-state index in [1.54, 1.807) is 0 Å². The van der Waals surface area contributed by atoms with Crippen molar-refractivity contribution in [2.24, 2.45) is 0 Å². The van der Waals surface area contributed by atoms with Crippen molar-refractivity contribution in [2.45, 2.75) is 66.0 Å². The first-order valence-electron chi connectivity index (χ1n) is 11.7. The zero-order chi connectivity index (χ0) is 24.8. The third kappa shape index (κ3) is 39.0. The van der Waals surface area contributed by atoms with Gasteiger partial charge in [0.15, 0.2) is 12.6 Å². The Balaban J connectivity index is -0.000000139. The zero-order valence-corrected chi connectivity index (χ0v) is 29.2. The second-order valence-electron chi connectivity index (χ2n) is 6.29. The molecular weight excluding hydrogens is 518 g/mol. The molecule has 0 bridgehead atoms. The van der Waals surface area contributed by atoms with Crippen LogP contribution in [-0.2, 0) is 42.6 Å².